The van der Waals surface area contributed by atoms with Gasteiger partial charge in [0, 0.05) is 11.9 Å². The van der Waals surface area contributed by atoms with E-state index < -0.39 is 0 Å². The number of aromatic nitrogens is 1. The lowest BCUT2D eigenvalue weighted by atomic mass is 10.1. The Morgan fingerprint density at radius 2 is 2.42 bits per heavy atom. The average Bonchev–Trinajstić information content (AvgIpc) is 3.18. The van der Waals surface area contributed by atoms with E-state index in [1.807, 2.05) is 23.9 Å². The van der Waals surface area contributed by atoms with Gasteiger partial charge in [0.15, 0.2) is 0 Å². The van der Waals surface area contributed by atoms with E-state index >= 15 is 0 Å². The highest BCUT2D eigenvalue weighted by Crippen LogP contribution is 2.51. The van der Waals surface area contributed by atoms with Gasteiger partial charge in [-0.05, 0) is 41.7 Å². The van der Waals surface area contributed by atoms with Gasteiger partial charge in [0.2, 0.25) is 0 Å². The predicted octanol–water partition coefficient (Wildman–Crippen LogP) is 1.94. The van der Waals surface area contributed by atoms with Gasteiger partial charge in [-0.15, -0.1) is 0 Å². The number of hydrazine groups is 1. The normalized spacial score (nSPS) is 15.9. The Bertz CT molecular complexity index is 449. The average molecular weight is 281 g/mol. The van der Waals surface area contributed by atoms with E-state index in [1.54, 1.807) is 6.20 Å². The Kier molecular flexibility index (Phi) is 4.66. The van der Waals surface area contributed by atoms with Gasteiger partial charge >= 0.3 is 5.97 Å². The third-order valence-electron chi connectivity index (χ3n) is 3.35. The van der Waals surface area contributed by atoms with Crippen molar-refractivity contribution in [2.45, 2.75) is 25.0 Å². The zero-order chi connectivity index (χ0) is 13.7. The molecule has 1 heterocycles. The molecule has 3 N–H and O–H groups in total. The number of thioether (sulfide) groups is 1. The molecular formula is C13H19N3O2S. The highest BCUT2D eigenvalue weighted by molar-refractivity contribution is 7.98. The Morgan fingerprint density at radius 3 is 3.05 bits per heavy atom. The quantitative estimate of drug-likeness (QED) is 0.452. The Balaban J connectivity index is 1.78. The molecule has 1 fully saturated rings. The molecule has 1 saturated carbocycles. The highest BCUT2D eigenvalue weighted by Gasteiger charge is 2.44. The molecule has 0 aromatic carbocycles. The minimum Gasteiger partial charge on any atom is -0.469 e. The second kappa shape index (κ2) is 6.25. The summed E-state index contributed by atoms with van der Waals surface area (Å²) in [7, 11) is 1.45. The maximum absolute atomic E-state index is 11.3. The van der Waals surface area contributed by atoms with Crippen molar-refractivity contribution in [2.75, 3.05) is 18.3 Å². The largest absolute Gasteiger partial charge is 0.469 e. The van der Waals surface area contributed by atoms with Crippen LogP contribution in [0.1, 0.15) is 24.8 Å². The topological polar surface area (TPSA) is 77.2 Å². The number of rotatable bonds is 7. The molecule has 0 radical (unpaired) electrons. The zero-order valence-corrected chi connectivity index (χ0v) is 11.8. The molecular weight excluding hydrogens is 262 g/mol. The molecule has 0 bridgehead atoms. The van der Waals surface area contributed by atoms with Crippen molar-refractivity contribution in [2.24, 2.45) is 11.3 Å². The van der Waals surface area contributed by atoms with Crippen molar-refractivity contribution in [3.05, 3.63) is 23.9 Å². The fourth-order valence-corrected chi connectivity index (χ4v) is 3.30. The van der Waals surface area contributed by atoms with Crippen LogP contribution in [0.25, 0.3) is 0 Å². The first-order valence-electron chi connectivity index (χ1n) is 6.24. The summed E-state index contributed by atoms with van der Waals surface area (Å²) in [6.07, 6.45) is 4.54. The molecule has 1 aliphatic carbocycles. The molecule has 5 nitrogen and oxygen atoms in total. The van der Waals surface area contributed by atoms with Gasteiger partial charge in [-0.2, -0.15) is 11.8 Å². The lowest BCUT2D eigenvalue weighted by Crippen LogP contribution is -2.13. The summed E-state index contributed by atoms with van der Waals surface area (Å²) in [6.45, 7) is 0. The lowest BCUT2D eigenvalue weighted by Gasteiger charge is -2.13. The van der Waals surface area contributed by atoms with Crippen LogP contribution in [0.5, 0.6) is 0 Å². The molecule has 1 aliphatic rings. The third-order valence-corrected chi connectivity index (χ3v) is 4.71. The predicted molar refractivity (Wildman–Crippen MR) is 76.5 cm³/mol. The summed E-state index contributed by atoms with van der Waals surface area (Å²) < 4.78 is 4.74. The van der Waals surface area contributed by atoms with Gasteiger partial charge in [0.25, 0.3) is 0 Å². The van der Waals surface area contributed by atoms with Crippen LogP contribution < -0.4 is 11.3 Å². The first-order valence-corrected chi connectivity index (χ1v) is 7.39. The highest BCUT2D eigenvalue weighted by atomic mass is 32.2. The second-order valence-corrected chi connectivity index (χ2v) is 5.92. The molecule has 1 aromatic heterocycles. The van der Waals surface area contributed by atoms with Gasteiger partial charge in [-0.1, -0.05) is 0 Å². The van der Waals surface area contributed by atoms with Crippen LogP contribution in [0.4, 0.5) is 5.82 Å². The van der Waals surface area contributed by atoms with Crippen LogP contribution in [0, 0.1) is 5.41 Å². The third kappa shape index (κ3) is 4.11. The maximum atomic E-state index is 11.3. The van der Waals surface area contributed by atoms with E-state index in [-0.39, 0.29) is 11.4 Å². The number of carbonyl (C=O) groups excluding carboxylic acids is 1. The Labute approximate surface area is 117 Å². The van der Waals surface area contributed by atoms with Crippen LogP contribution in [0.2, 0.25) is 0 Å². The Hall–Kier alpha value is -1.27. The molecule has 0 saturated heterocycles. The van der Waals surface area contributed by atoms with Gasteiger partial charge < -0.3 is 10.2 Å². The molecule has 0 amide bonds. The summed E-state index contributed by atoms with van der Waals surface area (Å²) in [5, 5.41) is 0. The van der Waals surface area contributed by atoms with Crippen molar-refractivity contribution in [1.29, 1.82) is 0 Å². The molecule has 2 rings (SSSR count). The number of hydrogen-bond acceptors (Lipinski definition) is 6. The van der Waals surface area contributed by atoms with Crippen LogP contribution in [-0.4, -0.2) is 23.8 Å². The number of methoxy groups -OCH3 is 1. The van der Waals surface area contributed by atoms with E-state index in [0.29, 0.717) is 12.2 Å². The summed E-state index contributed by atoms with van der Waals surface area (Å²) in [5.74, 6) is 7.80. The SMILES string of the molecule is COC(=O)CC1(CSCc2ccnc(NN)c2)CC1. The van der Waals surface area contributed by atoms with Crippen LogP contribution in [0.3, 0.4) is 0 Å². The molecule has 0 atom stereocenters. The van der Waals surface area contributed by atoms with Crippen LogP contribution in [-0.2, 0) is 15.3 Å². The maximum Gasteiger partial charge on any atom is 0.306 e. The van der Waals surface area contributed by atoms with Gasteiger partial charge in [-0.25, -0.2) is 10.8 Å². The number of carbonyl (C=O) groups is 1. The van der Waals surface area contributed by atoms with E-state index in [0.717, 1.165) is 24.3 Å². The number of esters is 1. The summed E-state index contributed by atoms with van der Waals surface area (Å²) in [5.41, 5.74) is 3.90. The second-order valence-electron chi connectivity index (χ2n) is 4.94. The first kappa shape index (κ1) is 14.1. The summed E-state index contributed by atoms with van der Waals surface area (Å²) >= 11 is 1.84. The first-order chi connectivity index (χ1) is 9.17. The minimum atomic E-state index is -0.100. The number of hydrogen-bond donors (Lipinski definition) is 2. The van der Waals surface area contributed by atoms with E-state index in [1.165, 1.54) is 12.7 Å². The lowest BCUT2D eigenvalue weighted by molar-refractivity contribution is -0.141. The van der Waals surface area contributed by atoms with Crippen molar-refractivity contribution < 1.29 is 9.53 Å². The van der Waals surface area contributed by atoms with Crippen molar-refractivity contribution in [3.63, 3.8) is 0 Å². The number of pyridine rings is 1. The van der Waals surface area contributed by atoms with Crippen molar-refractivity contribution in [3.8, 4) is 0 Å². The van der Waals surface area contributed by atoms with E-state index in [4.69, 9.17) is 10.6 Å². The molecule has 0 unspecified atom stereocenters. The van der Waals surface area contributed by atoms with E-state index in [9.17, 15) is 4.79 Å². The number of ether oxygens (including phenoxy) is 1. The van der Waals surface area contributed by atoms with Gasteiger partial charge in [0.05, 0.1) is 13.5 Å². The smallest absolute Gasteiger partial charge is 0.306 e. The van der Waals surface area contributed by atoms with Gasteiger partial charge in [-0.3, -0.25) is 4.79 Å². The summed E-state index contributed by atoms with van der Waals surface area (Å²) in [4.78, 5) is 15.4. The van der Waals surface area contributed by atoms with Crippen LogP contribution in [0.15, 0.2) is 18.3 Å². The fourth-order valence-electron chi connectivity index (χ4n) is 1.96. The molecule has 0 aliphatic heterocycles. The molecule has 1 aromatic rings. The number of nitrogens with one attached hydrogen (secondary N) is 1. The molecule has 6 heteroatoms. The number of anilines is 1. The zero-order valence-electron chi connectivity index (χ0n) is 11.0. The Morgan fingerprint density at radius 1 is 1.63 bits per heavy atom. The van der Waals surface area contributed by atoms with Crippen molar-refractivity contribution >= 4 is 23.5 Å². The number of nitrogens with two attached hydrogens (primary N) is 1. The van der Waals surface area contributed by atoms with Gasteiger partial charge in [0.1, 0.15) is 5.82 Å². The minimum absolute atomic E-state index is 0.100. The fraction of sp³-hybridized carbons (Fsp3) is 0.538. The molecule has 104 valence electrons. The van der Waals surface area contributed by atoms with Crippen LogP contribution >= 0.6 is 11.8 Å². The standard InChI is InChI=1S/C13H19N3O2S/c1-18-12(17)7-13(3-4-13)9-19-8-10-2-5-15-11(6-10)16-14/h2,5-6H,3-4,7-9,14H2,1H3,(H,15,16). The molecule has 19 heavy (non-hydrogen) atoms. The van der Waals surface area contributed by atoms with E-state index in [2.05, 4.69) is 10.4 Å². The van der Waals surface area contributed by atoms with Crippen molar-refractivity contribution in [1.82, 2.24) is 4.98 Å². The number of nitrogens with zero attached hydrogens (tertiary/aromatic N) is 1. The number of nitrogen functional groups attached to an aromatic ring is 1. The monoisotopic (exact) mass is 281 g/mol. The molecule has 0 spiro atoms. The summed E-state index contributed by atoms with van der Waals surface area (Å²) in [6, 6.07) is 3.92.